The van der Waals surface area contributed by atoms with E-state index in [-0.39, 0.29) is 11.8 Å². The molecule has 2 fully saturated rings. The first-order valence-corrected chi connectivity index (χ1v) is 7.76. The minimum atomic E-state index is -0.496. The first-order chi connectivity index (χ1) is 10.6. The molecule has 116 valence electrons. The topological polar surface area (TPSA) is 76.7 Å². The van der Waals surface area contributed by atoms with Crippen LogP contribution >= 0.6 is 0 Å². The van der Waals surface area contributed by atoms with Crippen LogP contribution in [0.4, 0.5) is 5.69 Å². The van der Waals surface area contributed by atoms with Gasteiger partial charge in [0.25, 0.3) is 5.79 Å². The molecule has 1 aliphatic carbocycles. The van der Waals surface area contributed by atoms with Gasteiger partial charge in [0.2, 0.25) is 11.8 Å². The third-order valence-corrected chi connectivity index (χ3v) is 4.48. The molecular weight excluding hydrogens is 284 g/mol. The monoisotopic (exact) mass is 302 g/mol. The maximum atomic E-state index is 12.1. The van der Waals surface area contributed by atoms with Crippen molar-refractivity contribution < 1.29 is 19.1 Å². The number of hydrogen-bond acceptors (Lipinski definition) is 4. The molecule has 0 aromatic heterocycles. The first-order valence-electron chi connectivity index (χ1n) is 7.76. The maximum absolute atomic E-state index is 12.1. The largest absolute Gasteiger partial charge is 0.448 e. The Balaban J connectivity index is 1.47. The number of amides is 2. The smallest absolute Gasteiger partial charge is 0.251 e. The molecule has 6 heteroatoms. The highest BCUT2D eigenvalue weighted by Gasteiger charge is 2.44. The van der Waals surface area contributed by atoms with Crippen LogP contribution in [-0.2, 0) is 9.59 Å². The normalized spacial score (nSPS) is 24.5. The summed E-state index contributed by atoms with van der Waals surface area (Å²) in [4.78, 5) is 23.3. The molecule has 2 amide bonds. The van der Waals surface area contributed by atoms with E-state index in [9.17, 15) is 9.59 Å². The van der Waals surface area contributed by atoms with Crippen LogP contribution in [0.25, 0.3) is 0 Å². The molecule has 0 bridgehead atoms. The third-order valence-electron chi connectivity index (χ3n) is 4.48. The summed E-state index contributed by atoms with van der Waals surface area (Å²) in [5, 5.41) is 5.48. The minimum Gasteiger partial charge on any atom is -0.448 e. The van der Waals surface area contributed by atoms with Crippen molar-refractivity contribution in [1.82, 2.24) is 5.32 Å². The van der Waals surface area contributed by atoms with E-state index in [1.807, 2.05) is 6.07 Å². The zero-order valence-corrected chi connectivity index (χ0v) is 12.2. The fourth-order valence-corrected chi connectivity index (χ4v) is 3.33. The lowest BCUT2D eigenvalue weighted by Gasteiger charge is -2.21. The van der Waals surface area contributed by atoms with Gasteiger partial charge in [-0.05, 0) is 31.4 Å². The van der Waals surface area contributed by atoms with E-state index in [4.69, 9.17) is 9.47 Å². The lowest BCUT2D eigenvalue weighted by Crippen LogP contribution is -2.37. The molecule has 1 atom stereocenters. The van der Waals surface area contributed by atoms with Crippen LogP contribution in [0.3, 0.4) is 0 Å². The van der Waals surface area contributed by atoms with E-state index in [0.29, 0.717) is 24.3 Å². The van der Waals surface area contributed by atoms with Gasteiger partial charge in [-0.3, -0.25) is 9.59 Å². The number of rotatable bonds is 2. The van der Waals surface area contributed by atoms with E-state index < -0.39 is 11.8 Å². The van der Waals surface area contributed by atoms with E-state index in [0.717, 1.165) is 31.4 Å². The van der Waals surface area contributed by atoms with Crippen LogP contribution in [0.2, 0.25) is 0 Å². The lowest BCUT2D eigenvalue weighted by atomic mass is 10.2. The van der Waals surface area contributed by atoms with E-state index >= 15 is 0 Å². The number of benzene rings is 1. The summed E-state index contributed by atoms with van der Waals surface area (Å²) in [7, 11) is 0. The van der Waals surface area contributed by atoms with Gasteiger partial charge >= 0.3 is 0 Å². The number of hydrogen-bond donors (Lipinski definition) is 2. The molecule has 6 nitrogen and oxygen atoms in total. The summed E-state index contributed by atoms with van der Waals surface area (Å²) >= 11 is 0. The van der Waals surface area contributed by atoms with E-state index in [1.165, 1.54) is 0 Å². The molecule has 0 radical (unpaired) electrons. The number of carbonyl (C=O) groups is 2. The van der Waals surface area contributed by atoms with Crippen molar-refractivity contribution in [3.05, 3.63) is 18.2 Å². The third kappa shape index (κ3) is 2.28. The van der Waals surface area contributed by atoms with Gasteiger partial charge in [0.1, 0.15) is 6.04 Å². The van der Waals surface area contributed by atoms with Gasteiger partial charge in [-0.2, -0.15) is 0 Å². The molecule has 1 unspecified atom stereocenters. The fourth-order valence-electron chi connectivity index (χ4n) is 3.33. The Morgan fingerprint density at radius 1 is 1.23 bits per heavy atom. The summed E-state index contributed by atoms with van der Waals surface area (Å²) in [5.74, 6) is 0.642. The predicted molar refractivity (Wildman–Crippen MR) is 78.7 cm³/mol. The van der Waals surface area contributed by atoms with Crippen LogP contribution in [0.5, 0.6) is 11.5 Å². The fraction of sp³-hybridized carbons (Fsp3) is 0.500. The van der Waals surface area contributed by atoms with Gasteiger partial charge in [0.15, 0.2) is 11.5 Å². The minimum absolute atomic E-state index is 0.0750. The molecule has 2 N–H and O–H groups in total. The summed E-state index contributed by atoms with van der Waals surface area (Å²) in [5.41, 5.74) is 0.656. The summed E-state index contributed by atoms with van der Waals surface area (Å²) in [6.45, 7) is 0. The second-order valence-corrected chi connectivity index (χ2v) is 6.13. The summed E-state index contributed by atoms with van der Waals surface area (Å²) < 4.78 is 11.9. The molecular formula is C16H18N2O4. The number of fused-ring (bicyclic) bond motifs is 1. The first kappa shape index (κ1) is 13.4. The van der Waals surface area contributed by atoms with Crippen molar-refractivity contribution in [2.75, 3.05) is 5.32 Å². The Morgan fingerprint density at radius 3 is 2.73 bits per heavy atom. The molecule has 4 rings (SSSR count). The van der Waals surface area contributed by atoms with Crippen molar-refractivity contribution in [3.63, 3.8) is 0 Å². The van der Waals surface area contributed by atoms with Crippen molar-refractivity contribution in [2.24, 2.45) is 0 Å². The number of nitrogens with one attached hydrogen (secondary N) is 2. The molecule has 2 aliphatic heterocycles. The standard InChI is InChI=1S/C16H18N2O4/c19-14-6-4-11(18-14)15(20)17-10-3-5-12-13(9-10)22-16(21-12)7-1-2-8-16/h3,5,9,11H,1-2,4,6-8H2,(H,17,20)(H,18,19). The highest BCUT2D eigenvalue weighted by Crippen LogP contribution is 2.47. The summed E-state index contributed by atoms with van der Waals surface area (Å²) in [6, 6.07) is 4.96. The lowest BCUT2D eigenvalue weighted by molar-refractivity contribution is -0.122. The zero-order chi connectivity index (χ0) is 15.2. The Hall–Kier alpha value is -2.24. The van der Waals surface area contributed by atoms with Gasteiger partial charge in [-0.15, -0.1) is 0 Å². The number of anilines is 1. The molecule has 1 saturated carbocycles. The van der Waals surface area contributed by atoms with E-state index in [2.05, 4.69) is 10.6 Å². The molecule has 3 aliphatic rings. The quantitative estimate of drug-likeness (QED) is 0.875. The maximum Gasteiger partial charge on any atom is 0.251 e. The van der Waals surface area contributed by atoms with Gasteiger partial charge in [0.05, 0.1) is 0 Å². The Kier molecular flexibility index (Phi) is 2.99. The van der Waals surface area contributed by atoms with Gasteiger partial charge in [-0.1, -0.05) is 0 Å². The SMILES string of the molecule is O=C1CCC(C(=O)Nc2ccc3c(c2)OC2(CCCC2)O3)N1. The van der Waals surface area contributed by atoms with E-state index in [1.54, 1.807) is 12.1 Å². The predicted octanol–water partition coefficient (Wildman–Crippen LogP) is 1.95. The van der Waals surface area contributed by atoms with Crippen molar-refractivity contribution in [1.29, 1.82) is 0 Å². The number of ether oxygens (including phenoxy) is 2. The molecule has 1 spiro atoms. The van der Waals surface area contributed by atoms with Gasteiger partial charge in [-0.25, -0.2) is 0 Å². The van der Waals surface area contributed by atoms with Crippen molar-refractivity contribution in [2.45, 2.75) is 50.4 Å². The summed E-state index contributed by atoms with van der Waals surface area (Å²) in [6.07, 6.45) is 4.97. The van der Waals surface area contributed by atoms with Crippen molar-refractivity contribution in [3.8, 4) is 11.5 Å². The average Bonchev–Trinajstić information content (AvgIpc) is 3.19. The second kappa shape index (κ2) is 4.90. The second-order valence-electron chi connectivity index (χ2n) is 6.13. The highest BCUT2D eigenvalue weighted by molar-refractivity contribution is 5.99. The molecule has 22 heavy (non-hydrogen) atoms. The van der Waals surface area contributed by atoms with Crippen LogP contribution in [0, 0.1) is 0 Å². The highest BCUT2D eigenvalue weighted by atomic mass is 16.7. The zero-order valence-electron chi connectivity index (χ0n) is 12.2. The van der Waals surface area contributed by atoms with Gasteiger partial charge in [0, 0.05) is 31.0 Å². The Bertz CT molecular complexity index is 637. The van der Waals surface area contributed by atoms with Crippen LogP contribution in [0.1, 0.15) is 38.5 Å². The number of carbonyl (C=O) groups excluding carboxylic acids is 2. The Labute approximate surface area is 128 Å². The van der Waals surface area contributed by atoms with Crippen LogP contribution < -0.4 is 20.1 Å². The van der Waals surface area contributed by atoms with Crippen molar-refractivity contribution >= 4 is 17.5 Å². The molecule has 1 aromatic carbocycles. The molecule has 1 saturated heterocycles. The Morgan fingerprint density at radius 2 is 2.00 bits per heavy atom. The molecule has 2 heterocycles. The van der Waals surface area contributed by atoms with Crippen LogP contribution in [0.15, 0.2) is 18.2 Å². The molecule has 1 aromatic rings. The van der Waals surface area contributed by atoms with Gasteiger partial charge < -0.3 is 20.1 Å². The average molecular weight is 302 g/mol. The van der Waals surface area contributed by atoms with Crippen LogP contribution in [-0.4, -0.2) is 23.6 Å².